The molecule has 1 aromatic carbocycles. The Hall–Kier alpha value is -3.43. The molecule has 11 nitrogen and oxygen atoms in total. The van der Waals surface area contributed by atoms with Crippen molar-refractivity contribution in [2.24, 2.45) is 0 Å². The molecule has 1 aliphatic carbocycles. The number of hydroxylamine groups is 2. The number of nitriles is 1. The Bertz CT molecular complexity index is 1240. The van der Waals surface area contributed by atoms with Crippen molar-refractivity contribution in [3.8, 4) is 11.8 Å². The Morgan fingerprint density at radius 3 is 2.46 bits per heavy atom. The van der Waals surface area contributed by atoms with E-state index in [-0.39, 0.29) is 17.9 Å². The van der Waals surface area contributed by atoms with Gasteiger partial charge >= 0.3 is 6.16 Å². The van der Waals surface area contributed by atoms with Crippen LogP contribution in [0.1, 0.15) is 40.0 Å². The van der Waals surface area contributed by atoms with Crippen molar-refractivity contribution >= 4 is 21.9 Å². The highest BCUT2D eigenvalue weighted by molar-refractivity contribution is 7.92. The predicted octanol–water partition coefficient (Wildman–Crippen LogP) is 2.13. The van der Waals surface area contributed by atoms with E-state index in [9.17, 15) is 23.3 Å². The number of hydrogen-bond donors (Lipinski definition) is 1. The SMILES string of the molecule is CC(C)(C)OC(=O)ON1C[C@H](S(=O)(=O)c2ccc(-n3ccnc3)cc2)C[C@H]1C(=O)NC1(C#N)CC1. The maximum atomic E-state index is 13.4. The van der Waals surface area contributed by atoms with Crippen molar-refractivity contribution in [2.45, 2.75) is 67.4 Å². The van der Waals surface area contributed by atoms with Gasteiger partial charge in [-0.1, -0.05) is 0 Å². The van der Waals surface area contributed by atoms with Crippen molar-refractivity contribution in [3.05, 3.63) is 43.0 Å². The normalized spacial score (nSPS) is 21.7. The van der Waals surface area contributed by atoms with Crippen LogP contribution < -0.4 is 5.32 Å². The van der Waals surface area contributed by atoms with Crippen LogP contribution in [0.15, 0.2) is 47.9 Å². The van der Waals surface area contributed by atoms with Crippen molar-refractivity contribution in [2.75, 3.05) is 6.54 Å². The van der Waals surface area contributed by atoms with Gasteiger partial charge in [-0.2, -0.15) is 5.26 Å². The van der Waals surface area contributed by atoms with Gasteiger partial charge < -0.3 is 19.5 Å². The molecule has 1 N–H and O–H groups in total. The molecule has 0 radical (unpaired) electrons. The van der Waals surface area contributed by atoms with Crippen molar-refractivity contribution in [1.29, 1.82) is 5.26 Å². The Kier molecular flexibility index (Phi) is 6.33. The van der Waals surface area contributed by atoms with E-state index >= 15 is 0 Å². The van der Waals surface area contributed by atoms with Gasteiger partial charge in [0.25, 0.3) is 0 Å². The van der Waals surface area contributed by atoms with E-state index in [1.165, 1.54) is 12.1 Å². The van der Waals surface area contributed by atoms with Crippen LogP contribution in [0.25, 0.3) is 5.69 Å². The van der Waals surface area contributed by atoms with Crippen LogP contribution in [0, 0.1) is 11.3 Å². The lowest BCUT2D eigenvalue weighted by molar-refractivity contribution is -0.162. The van der Waals surface area contributed by atoms with Gasteiger partial charge in [0.2, 0.25) is 5.91 Å². The molecule has 0 spiro atoms. The second kappa shape index (κ2) is 8.98. The topological polar surface area (TPSA) is 144 Å². The van der Waals surface area contributed by atoms with E-state index in [0.717, 1.165) is 10.8 Å². The van der Waals surface area contributed by atoms with Crippen LogP contribution in [0.5, 0.6) is 0 Å². The Morgan fingerprint density at radius 2 is 1.91 bits per heavy atom. The van der Waals surface area contributed by atoms with Gasteiger partial charge in [0.15, 0.2) is 9.84 Å². The van der Waals surface area contributed by atoms with E-state index in [1.807, 2.05) is 0 Å². The average Bonchev–Trinajstić information content (AvgIpc) is 3.17. The number of ether oxygens (including phenoxy) is 1. The summed E-state index contributed by atoms with van der Waals surface area (Å²) in [7, 11) is -3.87. The van der Waals surface area contributed by atoms with Gasteiger partial charge in [0, 0.05) is 18.1 Å². The summed E-state index contributed by atoms with van der Waals surface area (Å²) in [4.78, 5) is 34.6. The van der Waals surface area contributed by atoms with Crippen LogP contribution in [-0.2, 0) is 24.2 Å². The lowest BCUT2D eigenvalue weighted by Crippen LogP contribution is -2.48. The second-order valence-corrected chi connectivity index (χ2v) is 11.9. The van der Waals surface area contributed by atoms with E-state index < -0.39 is 44.3 Å². The van der Waals surface area contributed by atoms with Gasteiger partial charge in [-0.25, -0.2) is 18.2 Å². The third-order valence-corrected chi connectivity index (χ3v) is 7.98. The van der Waals surface area contributed by atoms with E-state index in [4.69, 9.17) is 9.57 Å². The first-order valence-electron chi connectivity index (χ1n) is 11.2. The molecule has 2 aliphatic rings. The molecule has 1 amide bonds. The Balaban J connectivity index is 1.54. The van der Waals surface area contributed by atoms with Crippen LogP contribution in [0.3, 0.4) is 0 Å². The van der Waals surface area contributed by atoms with Gasteiger partial charge in [-0.05, 0) is 64.3 Å². The van der Waals surface area contributed by atoms with E-state index in [1.54, 1.807) is 56.2 Å². The van der Waals surface area contributed by atoms with E-state index in [0.29, 0.717) is 12.8 Å². The highest BCUT2D eigenvalue weighted by Gasteiger charge is 2.50. The fourth-order valence-electron chi connectivity index (χ4n) is 3.82. The molecule has 35 heavy (non-hydrogen) atoms. The summed E-state index contributed by atoms with van der Waals surface area (Å²) in [5, 5.41) is 12.0. The number of imidazole rings is 1. The van der Waals surface area contributed by atoms with Gasteiger partial charge in [0.1, 0.15) is 17.2 Å². The zero-order chi connectivity index (χ0) is 25.4. The number of benzene rings is 1. The minimum atomic E-state index is -3.87. The van der Waals surface area contributed by atoms with Crippen LogP contribution in [0.4, 0.5) is 4.79 Å². The molecule has 1 aromatic heterocycles. The van der Waals surface area contributed by atoms with Crippen molar-refractivity contribution < 1.29 is 27.6 Å². The highest BCUT2D eigenvalue weighted by Crippen LogP contribution is 2.36. The van der Waals surface area contributed by atoms with Crippen molar-refractivity contribution in [3.63, 3.8) is 0 Å². The first-order chi connectivity index (χ1) is 16.4. The molecule has 2 atom stereocenters. The predicted molar refractivity (Wildman–Crippen MR) is 123 cm³/mol. The molecular weight excluding hydrogens is 474 g/mol. The summed E-state index contributed by atoms with van der Waals surface area (Å²) in [5.41, 5.74) is -1.05. The maximum Gasteiger partial charge on any atom is 0.528 e. The third kappa shape index (κ3) is 5.47. The number of aromatic nitrogens is 2. The van der Waals surface area contributed by atoms with Crippen LogP contribution in [0.2, 0.25) is 0 Å². The number of sulfone groups is 1. The molecule has 186 valence electrons. The number of carbonyl (C=O) groups is 2. The average molecular weight is 502 g/mol. The van der Waals surface area contributed by atoms with E-state index in [2.05, 4.69) is 16.4 Å². The number of amides is 1. The Labute approximate surface area is 203 Å². The number of nitrogens with zero attached hydrogens (tertiary/aromatic N) is 4. The molecular formula is C23H27N5O6S. The maximum absolute atomic E-state index is 13.4. The molecule has 1 aliphatic heterocycles. The number of hydrogen-bond acceptors (Lipinski definition) is 9. The Morgan fingerprint density at radius 1 is 1.23 bits per heavy atom. The van der Waals surface area contributed by atoms with Crippen LogP contribution in [-0.4, -0.2) is 64.1 Å². The molecule has 12 heteroatoms. The molecule has 2 aromatic rings. The fraction of sp³-hybridized carbons (Fsp3) is 0.478. The molecule has 2 heterocycles. The summed E-state index contributed by atoms with van der Waals surface area (Å²) in [6.07, 6.45) is 4.83. The van der Waals surface area contributed by atoms with Crippen molar-refractivity contribution in [1.82, 2.24) is 19.9 Å². The summed E-state index contributed by atoms with van der Waals surface area (Å²) in [5.74, 6) is -0.569. The minimum Gasteiger partial charge on any atom is -0.427 e. The smallest absolute Gasteiger partial charge is 0.427 e. The zero-order valence-electron chi connectivity index (χ0n) is 19.7. The molecule has 0 unspecified atom stereocenters. The molecule has 4 rings (SSSR count). The lowest BCUT2D eigenvalue weighted by atomic mass is 10.2. The highest BCUT2D eigenvalue weighted by atomic mass is 32.2. The zero-order valence-corrected chi connectivity index (χ0v) is 20.5. The van der Waals surface area contributed by atoms with Gasteiger partial charge in [0.05, 0.1) is 29.1 Å². The third-order valence-electron chi connectivity index (χ3n) is 5.83. The van der Waals surface area contributed by atoms with Gasteiger partial charge in [-0.15, -0.1) is 5.06 Å². The monoisotopic (exact) mass is 501 g/mol. The number of carbonyl (C=O) groups excluding carboxylic acids is 2. The summed E-state index contributed by atoms with van der Waals surface area (Å²) >= 11 is 0. The number of nitrogens with one attached hydrogen (secondary N) is 1. The quantitative estimate of drug-likeness (QED) is 0.589. The lowest BCUT2D eigenvalue weighted by Gasteiger charge is -2.25. The molecule has 2 fully saturated rings. The molecule has 1 saturated carbocycles. The summed E-state index contributed by atoms with van der Waals surface area (Å²) in [6, 6.07) is 7.29. The molecule has 1 saturated heterocycles. The minimum absolute atomic E-state index is 0.0836. The first kappa shape index (κ1) is 24.7. The second-order valence-electron chi connectivity index (χ2n) is 9.72. The first-order valence-corrected chi connectivity index (χ1v) is 12.7. The largest absolute Gasteiger partial charge is 0.528 e. The van der Waals surface area contributed by atoms with Gasteiger partial charge in [-0.3, -0.25) is 4.79 Å². The fourth-order valence-corrected chi connectivity index (χ4v) is 5.50. The standard InChI is InChI=1S/C23H27N5O6S/c1-22(2,3)33-21(30)34-28-13-18(12-19(28)20(29)26-23(14-24)8-9-23)35(31,32)17-6-4-16(5-7-17)27-11-10-25-15-27/h4-7,10-11,15,18-19H,8-9,12-13H2,1-3H3,(H,26,29)/t18-,19+/m1/s1. The summed E-state index contributed by atoms with van der Waals surface area (Å²) < 4.78 is 33.7. The van der Waals surface area contributed by atoms with Crippen LogP contribution >= 0.6 is 0 Å². The summed E-state index contributed by atoms with van der Waals surface area (Å²) in [6.45, 7) is 4.76. The number of rotatable bonds is 6. The molecule has 0 bridgehead atoms.